The summed E-state index contributed by atoms with van der Waals surface area (Å²) < 4.78 is 49.0. The Bertz CT molecular complexity index is 1530. The second kappa shape index (κ2) is 9.03. The van der Waals surface area contributed by atoms with Crippen molar-refractivity contribution in [2.24, 2.45) is 0 Å². The van der Waals surface area contributed by atoms with Gasteiger partial charge < -0.3 is 10.1 Å². The lowest BCUT2D eigenvalue weighted by molar-refractivity contribution is 0.403. The number of methoxy groups -OCH3 is 1. The molecule has 0 bridgehead atoms. The number of aromatic nitrogens is 3. The number of hydrogen-bond donors (Lipinski definition) is 2. The Kier molecular flexibility index (Phi) is 6.28. The second-order valence-electron chi connectivity index (χ2n) is 7.53. The van der Waals surface area contributed by atoms with Crippen LogP contribution in [0.15, 0.2) is 47.5 Å². The number of halogens is 2. The number of aryl methyl sites for hydroxylation is 2. The summed E-state index contributed by atoms with van der Waals surface area (Å²) in [5.41, 5.74) is 2.28. The molecule has 176 valence electrons. The normalized spacial score (nSPS) is 11.5. The fraction of sp³-hybridized carbons (Fsp3) is 0.174. The van der Waals surface area contributed by atoms with Crippen LogP contribution >= 0.6 is 11.6 Å². The molecule has 2 heterocycles. The van der Waals surface area contributed by atoms with Crippen LogP contribution in [0.4, 0.5) is 16.0 Å². The molecule has 34 heavy (non-hydrogen) atoms. The molecule has 0 aliphatic heterocycles. The van der Waals surface area contributed by atoms with Crippen molar-refractivity contribution >= 4 is 44.3 Å². The van der Waals surface area contributed by atoms with E-state index in [1.165, 1.54) is 37.4 Å². The highest BCUT2D eigenvalue weighted by atomic mass is 35.5. The fourth-order valence-electron chi connectivity index (χ4n) is 3.49. The molecule has 0 amide bonds. The van der Waals surface area contributed by atoms with Crippen molar-refractivity contribution in [3.05, 3.63) is 64.7 Å². The Morgan fingerprint density at radius 1 is 1.06 bits per heavy atom. The van der Waals surface area contributed by atoms with Crippen molar-refractivity contribution in [1.82, 2.24) is 15.0 Å². The number of nitrogens with zero attached hydrogens (tertiary/aromatic N) is 3. The van der Waals surface area contributed by atoms with Gasteiger partial charge in [0, 0.05) is 40.5 Å². The van der Waals surface area contributed by atoms with Crippen LogP contribution < -0.4 is 14.8 Å². The highest BCUT2D eigenvalue weighted by molar-refractivity contribution is 7.92. The molecule has 0 spiro atoms. The van der Waals surface area contributed by atoms with Gasteiger partial charge >= 0.3 is 0 Å². The number of fused-ring (bicyclic) bond motifs is 1. The van der Waals surface area contributed by atoms with Gasteiger partial charge in [-0.3, -0.25) is 4.72 Å². The van der Waals surface area contributed by atoms with Crippen LogP contribution in [-0.2, 0) is 10.0 Å². The lowest BCUT2D eigenvalue weighted by Gasteiger charge is -2.16. The lowest BCUT2D eigenvalue weighted by atomic mass is 10.00. The van der Waals surface area contributed by atoms with E-state index in [2.05, 4.69) is 25.0 Å². The molecule has 2 N–H and O–H groups in total. The van der Waals surface area contributed by atoms with E-state index in [0.29, 0.717) is 33.8 Å². The third-order valence-corrected chi connectivity index (χ3v) is 6.87. The minimum absolute atomic E-state index is 0.131. The molecule has 0 fully saturated rings. The van der Waals surface area contributed by atoms with Gasteiger partial charge in [-0.1, -0.05) is 11.6 Å². The Morgan fingerprint density at radius 2 is 1.82 bits per heavy atom. The van der Waals surface area contributed by atoms with Gasteiger partial charge in [-0.15, -0.1) is 0 Å². The molecular formula is C23H21ClFN5O3S. The van der Waals surface area contributed by atoms with Gasteiger partial charge in [0.2, 0.25) is 5.95 Å². The van der Waals surface area contributed by atoms with Crippen molar-refractivity contribution in [3.63, 3.8) is 0 Å². The van der Waals surface area contributed by atoms with Gasteiger partial charge in [0.15, 0.2) is 5.65 Å². The first kappa shape index (κ1) is 23.7. The Hall–Kier alpha value is -3.50. The third kappa shape index (κ3) is 4.46. The highest BCUT2D eigenvalue weighted by Gasteiger charge is 2.22. The summed E-state index contributed by atoms with van der Waals surface area (Å²) in [5, 5.41) is 3.70. The van der Waals surface area contributed by atoms with Crippen LogP contribution in [0.1, 0.15) is 11.3 Å². The van der Waals surface area contributed by atoms with E-state index in [4.69, 9.17) is 16.3 Å². The van der Waals surface area contributed by atoms with E-state index >= 15 is 4.39 Å². The lowest BCUT2D eigenvalue weighted by Crippen LogP contribution is -2.15. The molecule has 0 aliphatic carbocycles. The number of rotatable bonds is 6. The predicted molar refractivity (Wildman–Crippen MR) is 131 cm³/mol. The van der Waals surface area contributed by atoms with E-state index in [-0.39, 0.29) is 26.9 Å². The van der Waals surface area contributed by atoms with Crippen molar-refractivity contribution in [3.8, 4) is 16.9 Å². The summed E-state index contributed by atoms with van der Waals surface area (Å²) in [6.45, 7) is 3.34. The van der Waals surface area contributed by atoms with Crippen LogP contribution in [0.5, 0.6) is 5.75 Å². The zero-order valence-electron chi connectivity index (χ0n) is 18.8. The quantitative estimate of drug-likeness (QED) is 0.385. The van der Waals surface area contributed by atoms with E-state index in [1.54, 1.807) is 33.2 Å². The van der Waals surface area contributed by atoms with Crippen molar-refractivity contribution < 1.29 is 17.5 Å². The molecule has 0 atom stereocenters. The minimum atomic E-state index is -4.09. The van der Waals surface area contributed by atoms with Crippen LogP contribution in [0.3, 0.4) is 0 Å². The monoisotopic (exact) mass is 501 g/mol. The van der Waals surface area contributed by atoms with Crippen molar-refractivity contribution in [2.45, 2.75) is 18.7 Å². The first-order valence-electron chi connectivity index (χ1n) is 10.1. The molecule has 0 aliphatic rings. The maximum absolute atomic E-state index is 15.1. The molecule has 4 rings (SSSR count). The summed E-state index contributed by atoms with van der Waals surface area (Å²) in [4.78, 5) is 12.8. The van der Waals surface area contributed by atoms with E-state index in [9.17, 15) is 8.42 Å². The van der Waals surface area contributed by atoms with Crippen molar-refractivity contribution in [1.29, 1.82) is 0 Å². The molecule has 0 radical (unpaired) electrons. The number of pyridine rings is 1. The number of hydrogen-bond acceptors (Lipinski definition) is 7. The Balaban J connectivity index is 1.81. The smallest absolute Gasteiger partial charge is 0.265 e. The van der Waals surface area contributed by atoms with Crippen LogP contribution in [0, 0.1) is 19.7 Å². The van der Waals surface area contributed by atoms with E-state index in [0.717, 1.165) is 0 Å². The largest absolute Gasteiger partial charge is 0.495 e. The number of anilines is 2. The zero-order chi connectivity index (χ0) is 24.6. The van der Waals surface area contributed by atoms with Crippen LogP contribution in [-0.4, -0.2) is 37.5 Å². The summed E-state index contributed by atoms with van der Waals surface area (Å²) in [5.74, 6) is 0.0343. The molecule has 2 aromatic heterocycles. The van der Waals surface area contributed by atoms with Crippen LogP contribution in [0.2, 0.25) is 5.02 Å². The topological polar surface area (TPSA) is 106 Å². The average Bonchev–Trinajstić information content (AvgIpc) is 2.80. The standard InChI is InChI=1S/C23H21ClFN5O3S/c1-12-7-18(25)17(16-8-14-11-27-23(26-3)29-22(14)28-13(16)2)10-19(12)30-34(31,32)21-9-15(24)5-6-20(21)33-4/h5-11,30H,1-4H3,(H,26,27,28,29). The number of ether oxygens (including phenoxy) is 1. The first-order valence-corrected chi connectivity index (χ1v) is 12.0. The van der Waals surface area contributed by atoms with Gasteiger partial charge in [0.25, 0.3) is 10.0 Å². The molecule has 2 aromatic carbocycles. The molecule has 11 heteroatoms. The van der Waals surface area contributed by atoms with Gasteiger partial charge in [0.05, 0.1) is 12.8 Å². The number of benzene rings is 2. The highest BCUT2D eigenvalue weighted by Crippen LogP contribution is 2.34. The van der Waals surface area contributed by atoms with Gasteiger partial charge in [-0.05, 0) is 55.8 Å². The van der Waals surface area contributed by atoms with E-state index < -0.39 is 15.8 Å². The maximum Gasteiger partial charge on any atom is 0.265 e. The number of nitrogens with one attached hydrogen (secondary N) is 2. The van der Waals surface area contributed by atoms with Gasteiger partial charge in [-0.2, -0.15) is 4.98 Å². The van der Waals surface area contributed by atoms with Gasteiger partial charge in [-0.25, -0.2) is 22.8 Å². The molecule has 0 unspecified atom stereocenters. The molecule has 4 aromatic rings. The zero-order valence-corrected chi connectivity index (χ0v) is 20.3. The van der Waals surface area contributed by atoms with Gasteiger partial charge in [0.1, 0.15) is 16.5 Å². The van der Waals surface area contributed by atoms with Crippen LogP contribution in [0.25, 0.3) is 22.2 Å². The second-order valence-corrected chi connectivity index (χ2v) is 9.61. The predicted octanol–water partition coefficient (Wildman–Crippen LogP) is 4.95. The summed E-state index contributed by atoms with van der Waals surface area (Å²) in [6, 6.07) is 8.72. The summed E-state index contributed by atoms with van der Waals surface area (Å²) >= 11 is 6.01. The molecule has 0 saturated carbocycles. The van der Waals surface area contributed by atoms with E-state index in [1.807, 2.05) is 0 Å². The SMILES string of the molecule is CNc1ncc2cc(-c3cc(NS(=O)(=O)c4cc(Cl)ccc4OC)c(C)cc3F)c(C)nc2n1. The Morgan fingerprint density at radius 3 is 2.53 bits per heavy atom. The maximum atomic E-state index is 15.1. The summed E-state index contributed by atoms with van der Waals surface area (Å²) in [6.07, 6.45) is 1.59. The van der Waals surface area contributed by atoms with Crippen molar-refractivity contribution in [2.75, 3.05) is 24.2 Å². The number of sulfonamides is 1. The first-order chi connectivity index (χ1) is 16.1. The summed E-state index contributed by atoms with van der Waals surface area (Å²) in [7, 11) is -1.03. The molecular weight excluding hydrogens is 481 g/mol. The molecule has 0 saturated heterocycles. The minimum Gasteiger partial charge on any atom is -0.495 e. The average molecular weight is 502 g/mol. The Labute approximate surface area is 201 Å². The fourth-order valence-corrected chi connectivity index (χ4v) is 5.05. The molecule has 8 nitrogen and oxygen atoms in total. The third-order valence-electron chi connectivity index (χ3n) is 5.25.